The number of carbonyl (C=O) groups is 2. The van der Waals surface area contributed by atoms with E-state index in [2.05, 4.69) is 20.4 Å². The second-order valence-electron chi connectivity index (χ2n) is 4.62. The van der Waals surface area contributed by atoms with Gasteiger partial charge in [0.1, 0.15) is 0 Å². The fraction of sp³-hybridized carbons (Fsp3) is 0.625. The van der Waals surface area contributed by atoms with Gasteiger partial charge in [-0.2, -0.15) is 0 Å². The van der Waals surface area contributed by atoms with Crippen LogP contribution in [0.5, 0.6) is 0 Å². The molecule has 0 saturated carbocycles. The molecule has 0 bridgehead atoms. The first-order valence-corrected chi connectivity index (χ1v) is 7.30. The first-order chi connectivity index (χ1) is 9.58. The molecule has 0 aromatic carbocycles. The van der Waals surface area contributed by atoms with Crippen molar-refractivity contribution in [1.29, 1.82) is 0 Å². The number of ether oxygens (including phenoxy) is 2. The summed E-state index contributed by atoms with van der Waals surface area (Å²) in [6, 6.07) is 0. The lowest BCUT2D eigenvalue weighted by Crippen LogP contribution is -2.18. The Morgan fingerprint density at radius 2 is 1.95 bits per heavy atom. The summed E-state index contributed by atoms with van der Waals surface area (Å²) in [7, 11) is 0. The molecule has 0 radical (unpaired) electrons. The Morgan fingerprint density at radius 1 is 1.25 bits per heavy atom. The zero-order valence-electron chi connectivity index (χ0n) is 12.8. The van der Waals surface area contributed by atoms with E-state index in [1.54, 1.807) is 0 Å². The topological polar surface area (TPSA) is 52.6 Å². The smallest absolute Gasteiger partial charge is 0.374 e. The van der Waals surface area contributed by atoms with E-state index < -0.39 is 11.9 Å². The summed E-state index contributed by atoms with van der Waals surface area (Å²) < 4.78 is 10.1. The highest BCUT2D eigenvalue weighted by atomic mass is 16.6. The second-order valence-corrected chi connectivity index (χ2v) is 4.62. The molecule has 20 heavy (non-hydrogen) atoms. The molecule has 114 valence electrons. The van der Waals surface area contributed by atoms with Crippen molar-refractivity contribution < 1.29 is 19.1 Å². The molecule has 0 rings (SSSR count). The summed E-state index contributed by atoms with van der Waals surface area (Å²) in [5.74, 6) is -0.934. The van der Waals surface area contributed by atoms with E-state index in [-0.39, 0.29) is 5.76 Å². The molecule has 1 atom stereocenters. The third-order valence-electron chi connectivity index (χ3n) is 2.96. The number of rotatable bonds is 10. The summed E-state index contributed by atoms with van der Waals surface area (Å²) in [6.07, 6.45) is 7.40. The van der Waals surface area contributed by atoms with E-state index in [9.17, 15) is 9.59 Å². The van der Waals surface area contributed by atoms with Gasteiger partial charge in [0.2, 0.25) is 5.76 Å². The number of esters is 2. The number of hydrogen-bond acceptors (Lipinski definition) is 4. The highest BCUT2D eigenvalue weighted by Crippen LogP contribution is 2.14. The van der Waals surface area contributed by atoms with Gasteiger partial charge in [-0.15, -0.1) is 0 Å². The van der Waals surface area contributed by atoms with Crippen LogP contribution in [0, 0.1) is 5.92 Å². The van der Waals surface area contributed by atoms with E-state index in [0.717, 1.165) is 31.8 Å². The molecular formula is C16H26O4. The maximum absolute atomic E-state index is 11.9. The molecule has 4 nitrogen and oxygen atoms in total. The maximum Gasteiger partial charge on any atom is 0.374 e. The van der Waals surface area contributed by atoms with Gasteiger partial charge in [-0.05, 0) is 24.8 Å². The van der Waals surface area contributed by atoms with Crippen LogP contribution in [0.2, 0.25) is 0 Å². The minimum atomic E-state index is -0.653. The van der Waals surface area contributed by atoms with Crippen molar-refractivity contribution >= 4 is 11.9 Å². The first kappa shape index (κ1) is 18.4. The van der Waals surface area contributed by atoms with Gasteiger partial charge in [0, 0.05) is 6.08 Å². The van der Waals surface area contributed by atoms with Gasteiger partial charge in [0.25, 0.3) is 0 Å². The Morgan fingerprint density at radius 3 is 2.45 bits per heavy atom. The van der Waals surface area contributed by atoms with Gasteiger partial charge in [0.05, 0.1) is 6.61 Å². The number of hydrogen-bond donors (Lipinski definition) is 0. The van der Waals surface area contributed by atoms with Crippen molar-refractivity contribution in [2.24, 2.45) is 5.92 Å². The Kier molecular flexibility index (Phi) is 10.4. The fourth-order valence-corrected chi connectivity index (χ4v) is 1.66. The number of unbranched alkanes of at least 4 members (excludes halogenated alkanes) is 1. The normalized spacial score (nSPS) is 12.7. The molecule has 0 amide bonds. The molecule has 0 heterocycles. The van der Waals surface area contributed by atoms with Crippen LogP contribution in [-0.2, 0) is 19.1 Å². The summed E-state index contributed by atoms with van der Waals surface area (Å²) in [4.78, 5) is 23.0. The largest absolute Gasteiger partial charge is 0.460 e. The lowest BCUT2D eigenvalue weighted by Gasteiger charge is -2.15. The molecule has 0 N–H and O–H groups in total. The van der Waals surface area contributed by atoms with E-state index in [4.69, 9.17) is 9.47 Å². The van der Waals surface area contributed by atoms with Crippen LogP contribution >= 0.6 is 0 Å². The first-order valence-electron chi connectivity index (χ1n) is 7.30. The predicted molar refractivity (Wildman–Crippen MR) is 78.9 cm³/mol. The van der Waals surface area contributed by atoms with E-state index >= 15 is 0 Å². The zero-order valence-corrected chi connectivity index (χ0v) is 12.8. The average Bonchev–Trinajstić information content (AvgIpc) is 2.46. The lowest BCUT2D eigenvalue weighted by atomic mass is 10.0. The quantitative estimate of drug-likeness (QED) is 0.348. The maximum atomic E-state index is 11.9. The van der Waals surface area contributed by atoms with Crippen LogP contribution in [-0.4, -0.2) is 18.5 Å². The van der Waals surface area contributed by atoms with Gasteiger partial charge < -0.3 is 9.47 Å². The Labute approximate surface area is 121 Å². The monoisotopic (exact) mass is 282 g/mol. The van der Waals surface area contributed by atoms with Crippen LogP contribution < -0.4 is 0 Å². The molecule has 0 spiro atoms. The molecule has 0 aliphatic carbocycles. The predicted octanol–water partition coefficient (Wildman–Crippen LogP) is 3.77. The van der Waals surface area contributed by atoms with Crippen LogP contribution in [0.1, 0.15) is 52.9 Å². The number of allylic oxidation sites excluding steroid dienone is 1. The third-order valence-corrected chi connectivity index (χ3v) is 2.96. The Hall–Kier alpha value is -1.58. The standard InChI is InChI=1S/C16H26O4/c1-5-9-11-13(7-3)12-19-16(18)14(10-6-2)20-15(17)8-4/h8,10,13H,4-7,9,11-12H2,1-3H3/b14-10+. The minimum Gasteiger partial charge on any atom is -0.460 e. The van der Waals surface area contributed by atoms with Crippen molar-refractivity contribution in [3.05, 3.63) is 24.5 Å². The van der Waals surface area contributed by atoms with Crippen molar-refractivity contribution in [2.75, 3.05) is 6.61 Å². The molecule has 0 aliphatic rings. The molecule has 0 aromatic heterocycles. The summed E-state index contributed by atoms with van der Waals surface area (Å²) >= 11 is 0. The van der Waals surface area contributed by atoms with Crippen LogP contribution in [0.3, 0.4) is 0 Å². The average molecular weight is 282 g/mol. The Balaban J connectivity index is 4.41. The highest BCUT2D eigenvalue weighted by Gasteiger charge is 2.17. The van der Waals surface area contributed by atoms with Gasteiger partial charge in [-0.3, -0.25) is 0 Å². The SMILES string of the molecule is C=CC(=O)O/C(=C/CC)C(=O)OCC(CC)CCCC. The van der Waals surface area contributed by atoms with Gasteiger partial charge in [-0.25, -0.2) is 9.59 Å². The van der Waals surface area contributed by atoms with Crippen molar-refractivity contribution in [3.8, 4) is 0 Å². The zero-order chi connectivity index (χ0) is 15.4. The molecule has 0 aromatic rings. The van der Waals surface area contributed by atoms with Crippen molar-refractivity contribution in [1.82, 2.24) is 0 Å². The molecule has 4 heteroatoms. The fourth-order valence-electron chi connectivity index (χ4n) is 1.66. The molecule has 1 unspecified atom stereocenters. The van der Waals surface area contributed by atoms with E-state index in [0.29, 0.717) is 18.9 Å². The summed E-state index contributed by atoms with van der Waals surface area (Å²) in [5, 5.41) is 0. The second kappa shape index (κ2) is 11.3. The van der Waals surface area contributed by atoms with Crippen LogP contribution in [0.15, 0.2) is 24.5 Å². The summed E-state index contributed by atoms with van der Waals surface area (Å²) in [5.41, 5.74) is 0. The molecule has 0 fully saturated rings. The van der Waals surface area contributed by atoms with Crippen molar-refractivity contribution in [3.63, 3.8) is 0 Å². The van der Waals surface area contributed by atoms with Crippen LogP contribution in [0.25, 0.3) is 0 Å². The van der Waals surface area contributed by atoms with Gasteiger partial charge >= 0.3 is 11.9 Å². The van der Waals surface area contributed by atoms with Gasteiger partial charge in [0.15, 0.2) is 0 Å². The lowest BCUT2D eigenvalue weighted by molar-refractivity contribution is -0.150. The summed E-state index contributed by atoms with van der Waals surface area (Å²) in [6.45, 7) is 9.73. The minimum absolute atomic E-state index is 0.0530. The van der Waals surface area contributed by atoms with E-state index in [1.807, 2.05) is 6.92 Å². The molecular weight excluding hydrogens is 256 g/mol. The van der Waals surface area contributed by atoms with E-state index in [1.165, 1.54) is 6.08 Å². The molecule has 0 saturated heterocycles. The molecule has 0 aliphatic heterocycles. The van der Waals surface area contributed by atoms with Crippen molar-refractivity contribution in [2.45, 2.75) is 52.9 Å². The Bertz CT molecular complexity index is 344. The van der Waals surface area contributed by atoms with Crippen LogP contribution in [0.4, 0.5) is 0 Å². The number of carbonyl (C=O) groups excluding carboxylic acids is 2. The van der Waals surface area contributed by atoms with Gasteiger partial charge in [-0.1, -0.05) is 46.6 Å². The highest BCUT2D eigenvalue weighted by molar-refractivity contribution is 5.92. The third kappa shape index (κ3) is 7.77.